The van der Waals surface area contributed by atoms with E-state index in [1.54, 1.807) is 13.0 Å². The number of fused-ring (bicyclic) bond motifs is 5. The molecule has 2 bridgehead atoms. The van der Waals surface area contributed by atoms with Crippen molar-refractivity contribution in [2.75, 3.05) is 0 Å². The molecule has 2 N–H and O–H groups in total. The van der Waals surface area contributed by atoms with Gasteiger partial charge in [-0.2, -0.15) is 5.10 Å². The van der Waals surface area contributed by atoms with Crippen LogP contribution in [0, 0.1) is 17.0 Å². The molecule has 142 valence electrons. The number of hydrogen-bond donors (Lipinski definition) is 1. The van der Waals surface area contributed by atoms with Crippen molar-refractivity contribution in [3.63, 3.8) is 0 Å². The van der Waals surface area contributed by atoms with E-state index in [1.807, 2.05) is 0 Å². The van der Waals surface area contributed by atoms with Gasteiger partial charge in [0.15, 0.2) is 0 Å². The Morgan fingerprint density at radius 3 is 2.59 bits per heavy atom. The monoisotopic (exact) mass is 373 g/mol. The summed E-state index contributed by atoms with van der Waals surface area (Å²) in [7, 11) is 0. The van der Waals surface area contributed by atoms with E-state index in [4.69, 9.17) is 10.5 Å². The van der Waals surface area contributed by atoms with Crippen molar-refractivity contribution in [3.05, 3.63) is 47.2 Å². The summed E-state index contributed by atoms with van der Waals surface area (Å²) in [6, 6.07) is 5.41. The first kappa shape index (κ1) is 18.0. The van der Waals surface area contributed by atoms with Gasteiger partial charge in [0, 0.05) is 5.41 Å². The molecule has 2 aromatic rings. The summed E-state index contributed by atoms with van der Waals surface area (Å²) in [5, 5.41) is 8.42. The summed E-state index contributed by atoms with van der Waals surface area (Å²) in [5.41, 5.74) is 5.74. The molecule has 0 spiro atoms. The Balaban J connectivity index is 1.85. The molecule has 0 aliphatic heterocycles. The number of nitrogens with two attached hydrogens (primary N) is 1. The number of benzene rings is 1. The van der Waals surface area contributed by atoms with Gasteiger partial charge in [0.05, 0.1) is 17.0 Å². The standard InChI is InChI=1S/C20H21F2N3O2/c1-10(18(23)26)27-20-8-7-12(19(20,2)3)11-9-15(24-25-17(11)20)16-13(21)5-4-6-14(16)22/h4-6,9-10,12H,7-8H2,1-3H3,(H2,23,26)/t10-,12+,20+/m1/s1. The first-order chi connectivity index (χ1) is 12.7. The number of carbonyl (C=O) groups is 1. The molecule has 5 nitrogen and oxygen atoms in total. The Bertz CT molecular complexity index is 927. The zero-order valence-corrected chi connectivity index (χ0v) is 15.4. The third kappa shape index (κ3) is 2.34. The molecule has 0 saturated heterocycles. The fourth-order valence-electron chi connectivity index (χ4n) is 4.76. The molecule has 27 heavy (non-hydrogen) atoms. The Kier molecular flexibility index (Phi) is 3.86. The fraction of sp³-hybridized carbons (Fsp3) is 0.450. The first-order valence-corrected chi connectivity index (χ1v) is 8.98. The van der Waals surface area contributed by atoms with Crippen LogP contribution in [0.3, 0.4) is 0 Å². The second kappa shape index (κ2) is 5.79. The van der Waals surface area contributed by atoms with Gasteiger partial charge in [-0.1, -0.05) is 19.9 Å². The maximum absolute atomic E-state index is 14.2. The molecule has 2 aliphatic carbocycles. The van der Waals surface area contributed by atoms with Gasteiger partial charge in [-0.05, 0) is 49.4 Å². The first-order valence-electron chi connectivity index (χ1n) is 8.98. The molecule has 1 saturated carbocycles. The molecular weight excluding hydrogens is 352 g/mol. The maximum Gasteiger partial charge on any atom is 0.246 e. The van der Waals surface area contributed by atoms with Gasteiger partial charge in [-0.15, -0.1) is 5.10 Å². The van der Waals surface area contributed by atoms with Gasteiger partial charge in [0.1, 0.15) is 23.3 Å². The van der Waals surface area contributed by atoms with E-state index >= 15 is 0 Å². The normalized spacial score (nSPS) is 26.0. The van der Waals surface area contributed by atoms with Crippen LogP contribution in [0.25, 0.3) is 11.3 Å². The van der Waals surface area contributed by atoms with Crippen LogP contribution in [0.1, 0.15) is 50.8 Å². The van der Waals surface area contributed by atoms with Crippen molar-refractivity contribution < 1.29 is 18.3 Å². The van der Waals surface area contributed by atoms with E-state index in [-0.39, 0.29) is 22.6 Å². The Labute approximate surface area is 155 Å². The predicted octanol–water partition coefficient (Wildman–Crippen LogP) is 3.42. The van der Waals surface area contributed by atoms with E-state index in [0.29, 0.717) is 12.1 Å². The maximum atomic E-state index is 14.2. The van der Waals surface area contributed by atoms with Gasteiger partial charge in [0.25, 0.3) is 0 Å². The number of halogens is 2. The molecule has 1 heterocycles. The van der Waals surface area contributed by atoms with E-state index in [9.17, 15) is 13.6 Å². The molecule has 1 aromatic carbocycles. The van der Waals surface area contributed by atoms with E-state index < -0.39 is 29.2 Å². The largest absolute Gasteiger partial charge is 0.367 e. The number of primary amides is 1. The van der Waals surface area contributed by atoms with Gasteiger partial charge in [-0.25, -0.2) is 8.78 Å². The minimum Gasteiger partial charge on any atom is -0.367 e. The summed E-state index contributed by atoms with van der Waals surface area (Å²) >= 11 is 0. The second-order valence-corrected chi connectivity index (χ2v) is 7.93. The lowest BCUT2D eigenvalue weighted by Crippen LogP contribution is -2.44. The summed E-state index contributed by atoms with van der Waals surface area (Å²) in [5.74, 6) is -1.81. The molecule has 7 heteroatoms. The number of ether oxygens (including phenoxy) is 1. The number of nitrogens with zero attached hydrogens (tertiary/aromatic N) is 2. The zero-order valence-electron chi connectivity index (χ0n) is 15.4. The Morgan fingerprint density at radius 1 is 1.30 bits per heavy atom. The van der Waals surface area contributed by atoms with Gasteiger partial charge in [-0.3, -0.25) is 4.79 Å². The number of carbonyl (C=O) groups excluding carboxylic acids is 1. The number of hydrogen-bond acceptors (Lipinski definition) is 4. The second-order valence-electron chi connectivity index (χ2n) is 7.93. The molecule has 0 unspecified atom stereocenters. The van der Waals surface area contributed by atoms with Crippen molar-refractivity contribution in [2.45, 2.75) is 51.2 Å². The summed E-state index contributed by atoms with van der Waals surface area (Å²) in [4.78, 5) is 11.6. The van der Waals surface area contributed by atoms with Crippen LogP contribution in [-0.2, 0) is 15.1 Å². The van der Waals surface area contributed by atoms with Crippen LogP contribution in [0.4, 0.5) is 8.78 Å². The Hall–Kier alpha value is -2.41. The molecule has 1 fully saturated rings. The van der Waals surface area contributed by atoms with Crippen LogP contribution in [-0.4, -0.2) is 22.2 Å². The highest BCUT2D eigenvalue weighted by Gasteiger charge is 2.65. The van der Waals surface area contributed by atoms with Gasteiger partial charge >= 0.3 is 0 Å². The third-order valence-electron chi connectivity index (χ3n) is 6.28. The van der Waals surface area contributed by atoms with E-state index in [1.165, 1.54) is 18.2 Å². The van der Waals surface area contributed by atoms with E-state index in [2.05, 4.69) is 24.0 Å². The highest BCUT2D eigenvalue weighted by Crippen LogP contribution is 2.68. The fourth-order valence-corrected chi connectivity index (χ4v) is 4.76. The molecule has 3 atom stereocenters. The van der Waals surface area contributed by atoms with Crippen molar-refractivity contribution in [2.24, 2.45) is 11.1 Å². The number of rotatable bonds is 4. The van der Waals surface area contributed by atoms with Crippen LogP contribution in [0.2, 0.25) is 0 Å². The highest BCUT2D eigenvalue weighted by atomic mass is 19.1. The lowest BCUT2D eigenvalue weighted by molar-refractivity contribution is -0.161. The number of aromatic nitrogens is 2. The van der Waals surface area contributed by atoms with Crippen LogP contribution < -0.4 is 5.73 Å². The summed E-state index contributed by atoms with van der Waals surface area (Å²) in [6.45, 7) is 5.74. The predicted molar refractivity (Wildman–Crippen MR) is 94.6 cm³/mol. The lowest BCUT2D eigenvalue weighted by Gasteiger charge is -2.39. The van der Waals surface area contributed by atoms with Crippen LogP contribution in [0.5, 0.6) is 0 Å². The summed E-state index contributed by atoms with van der Waals surface area (Å²) < 4.78 is 34.5. The van der Waals surface area contributed by atoms with Crippen molar-refractivity contribution in [1.29, 1.82) is 0 Å². The third-order valence-corrected chi connectivity index (χ3v) is 6.28. The quantitative estimate of drug-likeness (QED) is 0.891. The van der Waals surface area contributed by atoms with Crippen molar-refractivity contribution in [3.8, 4) is 11.3 Å². The topological polar surface area (TPSA) is 78.1 Å². The average molecular weight is 373 g/mol. The van der Waals surface area contributed by atoms with Gasteiger partial charge in [0.2, 0.25) is 5.91 Å². The average Bonchev–Trinajstić information content (AvgIpc) is 2.95. The van der Waals surface area contributed by atoms with Crippen LogP contribution in [0.15, 0.2) is 24.3 Å². The van der Waals surface area contributed by atoms with Gasteiger partial charge < -0.3 is 10.5 Å². The molecule has 4 rings (SSSR count). The molecule has 1 aromatic heterocycles. The van der Waals surface area contributed by atoms with Crippen molar-refractivity contribution >= 4 is 5.91 Å². The Morgan fingerprint density at radius 2 is 1.96 bits per heavy atom. The minimum atomic E-state index is -0.791. The van der Waals surface area contributed by atoms with E-state index in [0.717, 1.165) is 12.0 Å². The molecule has 0 radical (unpaired) electrons. The molecule has 1 amide bonds. The zero-order chi connectivity index (χ0) is 19.6. The molecule has 2 aliphatic rings. The smallest absolute Gasteiger partial charge is 0.246 e. The molecular formula is C20H21F2N3O2. The minimum absolute atomic E-state index is 0.0941. The summed E-state index contributed by atoms with van der Waals surface area (Å²) in [6.07, 6.45) is 0.743. The lowest BCUT2D eigenvalue weighted by atomic mass is 9.77. The van der Waals surface area contributed by atoms with Crippen LogP contribution >= 0.6 is 0 Å². The number of amides is 1. The SMILES string of the molecule is C[C@@H](O[C@@]12CC[C@@H](c3cc(-c4c(F)cccc4F)nnc31)C2(C)C)C(N)=O. The van der Waals surface area contributed by atoms with Crippen molar-refractivity contribution in [1.82, 2.24) is 10.2 Å². The highest BCUT2D eigenvalue weighted by molar-refractivity contribution is 5.78.